The van der Waals surface area contributed by atoms with Gasteiger partial charge in [-0.05, 0) is 39.3 Å². The van der Waals surface area contributed by atoms with Crippen molar-refractivity contribution in [1.82, 2.24) is 10.2 Å². The summed E-state index contributed by atoms with van der Waals surface area (Å²) in [4.78, 5) is 12.8. The van der Waals surface area contributed by atoms with E-state index in [2.05, 4.69) is 24.1 Å². The van der Waals surface area contributed by atoms with Gasteiger partial charge in [0.15, 0.2) is 0 Å². The van der Waals surface area contributed by atoms with Gasteiger partial charge < -0.3 is 20.4 Å². The summed E-state index contributed by atoms with van der Waals surface area (Å²) in [6.45, 7) is 7.87. The Morgan fingerprint density at radius 2 is 2.24 bits per heavy atom. The largest absolute Gasteiger partial charge is 0.481 e. The monoisotopic (exact) mass is 244 g/mol. The Bertz CT molecular complexity index is 246. The summed E-state index contributed by atoms with van der Waals surface area (Å²) < 4.78 is 0. The summed E-state index contributed by atoms with van der Waals surface area (Å²) in [5.74, 6) is -0.333. The molecule has 0 bridgehead atoms. The van der Waals surface area contributed by atoms with Crippen LogP contribution in [0.2, 0.25) is 0 Å². The third-order valence-corrected chi connectivity index (χ3v) is 3.27. The lowest BCUT2D eigenvalue weighted by Crippen LogP contribution is -2.34. The van der Waals surface area contributed by atoms with E-state index in [-0.39, 0.29) is 6.42 Å². The Morgan fingerprint density at radius 1 is 1.53 bits per heavy atom. The molecule has 2 atom stereocenters. The molecular formula is C12H24N2O3. The van der Waals surface area contributed by atoms with Crippen molar-refractivity contribution in [2.24, 2.45) is 5.92 Å². The highest BCUT2D eigenvalue weighted by molar-refractivity contribution is 5.67. The Labute approximate surface area is 103 Å². The van der Waals surface area contributed by atoms with Gasteiger partial charge >= 0.3 is 5.97 Å². The van der Waals surface area contributed by atoms with Crippen molar-refractivity contribution in [3.63, 3.8) is 0 Å². The van der Waals surface area contributed by atoms with Crippen LogP contribution in [-0.2, 0) is 4.79 Å². The molecule has 100 valence electrons. The predicted octanol–water partition coefficient (Wildman–Crippen LogP) is 0.142. The van der Waals surface area contributed by atoms with Gasteiger partial charge in [-0.3, -0.25) is 4.79 Å². The van der Waals surface area contributed by atoms with Gasteiger partial charge in [0.25, 0.3) is 0 Å². The highest BCUT2D eigenvalue weighted by Crippen LogP contribution is 2.17. The number of rotatable bonds is 7. The maximum atomic E-state index is 10.4. The van der Waals surface area contributed by atoms with Crippen LogP contribution in [0.25, 0.3) is 0 Å². The molecule has 17 heavy (non-hydrogen) atoms. The summed E-state index contributed by atoms with van der Waals surface area (Å²) in [7, 11) is 0. The molecule has 0 spiro atoms. The smallest absolute Gasteiger partial charge is 0.306 e. The van der Waals surface area contributed by atoms with Crippen LogP contribution in [0.3, 0.4) is 0 Å². The lowest BCUT2D eigenvalue weighted by Gasteiger charge is -2.20. The van der Waals surface area contributed by atoms with E-state index in [1.807, 2.05) is 0 Å². The molecule has 5 heteroatoms. The van der Waals surface area contributed by atoms with Crippen molar-refractivity contribution >= 4 is 5.97 Å². The van der Waals surface area contributed by atoms with E-state index in [1.165, 1.54) is 6.42 Å². The molecule has 3 N–H and O–H groups in total. The summed E-state index contributed by atoms with van der Waals surface area (Å²) in [5, 5.41) is 21.0. The molecule has 0 aromatic carbocycles. The Morgan fingerprint density at radius 3 is 2.76 bits per heavy atom. The quantitative estimate of drug-likeness (QED) is 0.594. The van der Waals surface area contributed by atoms with Crippen LogP contribution in [-0.4, -0.2) is 59.4 Å². The van der Waals surface area contributed by atoms with Crippen molar-refractivity contribution in [3.05, 3.63) is 0 Å². The fourth-order valence-electron chi connectivity index (χ4n) is 2.23. The van der Waals surface area contributed by atoms with Crippen LogP contribution in [0.1, 0.15) is 26.7 Å². The van der Waals surface area contributed by atoms with E-state index in [1.54, 1.807) is 0 Å². The molecule has 1 aliphatic heterocycles. The molecule has 0 saturated carbocycles. The minimum Gasteiger partial charge on any atom is -0.481 e. The molecule has 1 aliphatic rings. The third-order valence-electron chi connectivity index (χ3n) is 3.27. The molecule has 0 aromatic heterocycles. The second kappa shape index (κ2) is 6.93. The van der Waals surface area contributed by atoms with Crippen LogP contribution < -0.4 is 5.32 Å². The highest BCUT2D eigenvalue weighted by Gasteiger charge is 2.23. The highest BCUT2D eigenvalue weighted by atomic mass is 16.4. The van der Waals surface area contributed by atoms with Crippen LogP contribution in [0.15, 0.2) is 0 Å². The Hall–Kier alpha value is -0.650. The molecular weight excluding hydrogens is 220 g/mol. The molecule has 1 saturated heterocycles. The van der Waals surface area contributed by atoms with Crippen molar-refractivity contribution < 1.29 is 15.0 Å². The van der Waals surface area contributed by atoms with E-state index >= 15 is 0 Å². The van der Waals surface area contributed by atoms with E-state index < -0.39 is 12.1 Å². The van der Waals surface area contributed by atoms with Crippen LogP contribution in [0.4, 0.5) is 0 Å². The Balaban J connectivity index is 2.10. The second-order valence-corrected chi connectivity index (χ2v) is 5.15. The topological polar surface area (TPSA) is 72.8 Å². The molecule has 1 rings (SSSR count). The van der Waals surface area contributed by atoms with Gasteiger partial charge in [0.05, 0.1) is 12.5 Å². The molecule has 0 aromatic rings. The number of hydrogen-bond donors (Lipinski definition) is 3. The third kappa shape index (κ3) is 5.48. The van der Waals surface area contributed by atoms with Crippen LogP contribution in [0, 0.1) is 5.92 Å². The maximum absolute atomic E-state index is 10.4. The van der Waals surface area contributed by atoms with Crippen molar-refractivity contribution in [2.45, 2.75) is 38.8 Å². The van der Waals surface area contributed by atoms with Gasteiger partial charge in [-0.2, -0.15) is 0 Å². The summed E-state index contributed by atoms with van der Waals surface area (Å²) in [6, 6.07) is 0.595. The zero-order valence-corrected chi connectivity index (χ0v) is 10.7. The van der Waals surface area contributed by atoms with Crippen molar-refractivity contribution in [3.8, 4) is 0 Å². The van der Waals surface area contributed by atoms with Gasteiger partial charge in [0.1, 0.15) is 0 Å². The molecule has 0 amide bonds. The van der Waals surface area contributed by atoms with Gasteiger partial charge in [0.2, 0.25) is 0 Å². The summed E-state index contributed by atoms with van der Waals surface area (Å²) >= 11 is 0. The normalized spacial score (nSPS) is 23.2. The number of nitrogens with zero attached hydrogens (tertiary/aromatic N) is 1. The second-order valence-electron chi connectivity index (χ2n) is 5.15. The standard InChI is InChI=1S/C12H24N2O3/c1-9(2)14-4-3-10(8-14)6-13-7-11(15)5-12(16)17/h9-11,13,15H,3-8H2,1-2H3,(H,16,17). The average Bonchev–Trinajstić information content (AvgIpc) is 2.65. The first-order chi connectivity index (χ1) is 7.99. The first-order valence-electron chi connectivity index (χ1n) is 6.33. The zero-order chi connectivity index (χ0) is 12.8. The molecule has 2 unspecified atom stereocenters. The molecule has 1 fully saturated rings. The number of aliphatic carboxylic acids is 1. The lowest BCUT2D eigenvalue weighted by atomic mass is 10.1. The summed E-state index contributed by atoms with van der Waals surface area (Å²) in [6.07, 6.45) is 0.214. The van der Waals surface area contributed by atoms with Gasteiger partial charge in [-0.15, -0.1) is 0 Å². The molecule has 0 radical (unpaired) electrons. The average molecular weight is 244 g/mol. The Kier molecular flexibility index (Phi) is 5.88. The van der Waals surface area contributed by atoms with E-state index in [9.17, 15) is 9.90 Å². The maximum Gasteiger partial charge on any atom is 0.306 e. The van der Waals surface area contributed by atoms with Crippen LogP contribution in [0.5, 0.6) is 0 Å². The molecule has 0 aliphatic carbocycles. The number of carbonyl (C=O) groups is 1. The number of aliphatic hydroxyl groups excluding tert-OH is 1. The number of likely N-dealkylation sites (tertiary alicyclic amines) is 1. The SMILES string of the molecule is CC(C)N1CCC(CNCC(O)CC(=O)O)C1. The minimum absolute atomic E-state index is 0.185. The molecule has 5 nitrogen and oxygen atoms in total. The van der Waals surface area contributed by atoms with Crippen molar-refractivity contribution in [1.29, 1.82) is 0 Å². The number of carboxylic acid groups (broad SMARTS) is 1. The summed E-state index contributed by atoms with van der Waals surface area (Å²) in [5.41, 5.74) is 0. The number of nitrogens with one attached hydrogen (secondary N) is 1. The van der Waals surface area contributed by atoms with Gasteiger partial charge in [0, 0.05) is 19.1 Å². The first kappa shape index (κ1) is 14.4. The fourth-order valence-corrected chi connectivity index (χ4v) is 2.23. The van der Waals surface area contributed by atoms with Gasteiger partial charge in [-0.1, -0.05) is 0 Å². The lowest BCUT2D eigenvalue weighted by molar-refractivity contribution is -0.139. The van der Waals surface area contributed by atoms with E-state index in [4.69, 9.17) is 5.11 Å². The number of aliphatic hydroxyl groups is 1. The van der Waals surface area contributed by atoms with E-state index in [0.29, 0.717) is 18.5 Å². The predicted molar refractivity (Wildman–Crippen MR) is 65.9 cm³/mol. The minimum atomic E-state index is -0.953. The van der Waals surface area contributed by atoms with Crippen LogP contribution >= 0.6 is 0 Å². The number of carboxylic acids is 1. The van der Waals surface area contributed by atoms with Gasteiger partial charge in [-0.25, -0.2) is 0 Å². The molecule has 1 heterocycles. The number of hydrogen-bond acceptors (Lipinski definition) is 4. The fraction of sp³-hybridized carbons (Fsp3) is 0.917. The van der Waals surface area contributed by atoms with E-state index in [0.717, 1.165) is 19.6 Å². The first-order valence-corrected chi connectivity index (χ1v) is 6.33. The van der Waals surface area contributed by atoms with Crippen molar-refractivity contribution in [2.75, 3.05) is 26.2 Å². The zero-order valence-electron chi connectivity index (χ0n) is 10.7.